The lowest BCUT2D eigenvalue weighted by Crippen LogP contribution is -2.52. The number of anilines is 3. The molecule has 8 rings (SSSR count). The van der Waals surface area contributed by atoms with Gasteiger partial charge in [-0.2, -0.15) is 0 Å². The highest BCUT2D eigenvalue weighted by Gasteiger charge is 2.43. The highest BCUT2D eigenvalue weighted by atomic mass is 35.5. The number of rotatable bonds is 20. The van der Waals surface area contributed by atoms with Crippen molar-refractivity contribution in [2.75, 3.05) is 69.7 Å². The Labute approximate surface area is 398 Å². The molecule has 3 fully saturated rings. The summed E-state index contributed by atoms with van der Waals surface area (Å²) in [5, 5.41) is 14.4. The zero-order valence-corrected chi connectivity index (χ0v) is 39.0. The Hall–Kier alpha value is -5.53. The Kier molecular flexibility index (Phi) is 16.1. The van der Waals surface area contributed by atoms with E-state index in [1.165, 1.54) is 22.3 Å². The van der Waals surface area contributed by atoms with Gasteiger partial charge in [-0.3, -0.25) is 39.1 Å². The van der Waals surface area contributed by atoms with E-state index in [1.54, 1.807) is 36.5 Å². The number of nitrogens with one attached hydrogen (secondary N) is 4. The van der Waals surface area contributed by atoms with Gasteiger partial charge in [-0.25, -0.2) is 14.4 Å². The number of fused-ring (bicyclic) bond motifs is 1. The molecule has 1 saturated carbocycles. The number of piperidine rings is 1. The quantitative estimate of drug-likeness (QED) is 0.0604. The van der Waals surface area contributed by atoms with E-state index < -0.39 is 23.2 Å². The van der Waals surface area contributed by atoms with Gasteiger partial charge in [-0.15, -0.1) is 11.3 Å². The molecule has 1 unspecified atom stereocenters. The molecule has 0 spiro atoms. The fraction of sp³-hybridized carbons (Fsp3) is 0.479. The normalized spacial score (nSPS) is 21.2. The molecule has 2 aromatic heterocycles. The highest BCUT2D eigenvalue weighted by molar-refractivity contribution is 7.13. The van der Waals surface area contributed by atoms with Gasteiger partial charge in [0, 0.05) is 112 Å². The molecular formula is C48H57ClFN9O7S. The number of hydrogen-bond acceptors (Lipinski definition) is 13. The minimum Gasteiger partial charge on any atom is -0.487 e. The van der Waals surface area contributed by atoms with E-state index >= 15 is 0 Å². The molecular weight excluding hydrogens is 901 g/mol. The molecule has 4 aromatic rings. The topological polar surface area (TPSA) is 187 Å². The van der Waals surface area contributed by atoms with Crippen molar-refractivity contribution in [2.24, 2.45) is 5.41 Å². The first-order valence-electron chi connectivity index (χ1n) is 23.1. The van der Waals surface area contributed by atoms with Crippen LogP contribution in [0.2, 0.25) is 5.02 Å². The average molecular weight is 959 g/mol. The van der Waals surface area contributed by atoms with E-state index in [9.17, 15) is 28.4 Å². The number of unbranched alkanes of at least 4 members (excludes halogenated alkanes) is 1. The van der Waals surface area contributed by atoms with Crippen molar-refractivity contribution in [1.29, 1.82) is 0 Å². The Balaban J connectivity index is 0.725. The second-order valence-electron chi connectivity index (χ2n) is 17.6. The molecule has 0 bridgehead atoms. The number of halogens is 2. The summed E-state index contributed by atoms with van der Waals surface area (Å²) in [6.07, 6.45) is 6.35. The van der Waals surface area contributed by atoms with Gasteiger partial charge in [0.2, 0.25) is 23.6 Å². The minimum atomic E-state index is -0.717. The van der Waals surface area contributed by atoms with E-state index in [-0.39, 0.29) is 59.9 Å². The number of pyridine rings is 1. The van der Waals surface area contributed by atoms with Crippen molar-refractivity contribution in [3.05, 3.63) is 93.8 Å². The Morgan fingerprint density at radius 3 is 2.49 bits per heavy atom. The maximum absolute atomic E-state index is 14.7. The molecule has 4 N–H and O–H groups in total. The molecule has 16 nitrogen and oxygen atoms in total. The number of aromatic nitrogens is 2. The van der Waals surface area contributed by atoms with Crippen LogP contribution in [-0.4, -0.2) is 125 Å². The molecule has 2 saturated heterocycles. The summed E-state index contributed by atoms with van der Waals surface area (Å²) in [5.74, 6) is -1.04. The largest absolute Gasteiger partial charge is 0.487 e. The number of piperazine rings is 1. The fourth-order valence-electron chi connectivity index (χ4n) is 9.34. The predicted octanol–water partition coefficient (Wildman–Crippen LogP) is 5.95. The molecule has 1 aliphatic carbocycles. The van der Waals surface area contributed by atoms with Crippen LogP contribution in [0.15, 0.2) is 66.2 Å². The molecule has 0 radical (unpaired) electrons. The molecule has 5 amide bonds. The standard InChI is InChI=1S/C48H57ClFN9O7S/c49-36-8-5-10-39(43(36)50)66-33-15-17-48(18-16-33,30-32-6-3-11-40(53-32)55-47-52-20-29-67-47)46(64)51-19-21-57-22-24-58(25-23-57)26-28-65-27-2-1-12-41(60)54-37-9-4-7-34-35(37)31-59(45(34)63)38-13-14-42(61)56-44(38)62/h3-11,20,29,33,38H,1-2,12-19,21-28,30-31H2,(H,51,64)(H,54,60)(H,52,53,55)(H,56,61,62). The minimum absolute atomic E-state index is 0.00600. The van der Waals surface area contributed by atoms with Crippen LogP contribution in [0.1, 0.15) is 79.4 Å². The van der Waals surface area contributed by atoms with E-state index in [0.29, 0.717) is 87.3 Å². The van der Waals surface area contributed by atoms with Gasteiger partial charge in [0.1, 0.15) is 11.9 Å². The van der Waals surface area contributed by atoms with Crippen molar-refractivity contribution in [3.63, 3.8) is 0 Å². The molecule has 67 heavy (non-hydrogen) atoms. The fourth-order valence-corrected chi connectivity index (χ4v) is 10.0. The molecule has 19 heteroatoms. The van der Waals surface area contributed by atoms with Gasteiger partial charge in [0.05, 0.1) is 23.1 Å². The van der Waals surface area contributed by atoms with E-state index in [2.05, 4.69) is 36.1 Å². The summed E-state index contributed by atoms with van der Waals surface area (Å²) in [6.45, 7) is 6.95. The van der Waals surface area contributed by atoms with Crippen LogP contribution in [0.3, 0.4) is 0 Å². The van der Waals surface area contributed by atoms with E-state index in [4.69, 9.17) is 26.1 Å². The van der Waals surface area contributed by atoms with Crippen LogP contribution in [0.4, 0.5) is 21.0 Å². The van der Waals surface area contributed by atoms with Crippen LogP contribution < -0.4 is 26.0 Å². The van der Waals surface area contributed by atoms with Crippen molar-refractivity contribution >= 4 is 69.1 Å². The zero-order chi connectivity index (χ0) is 46.8. The number of nitrogens with zero attached hydrogens (tertiary/aromatic N) is 5. The van der Waals surface area contributed by atoms with Crippen molar-refractivity contribution in [3.8, 4) is 5.75 Å². The summed E-state index contributed by atoms with van der Waals surface area (Å²) in [5.41, 5.74) is 1.78. The monoisotopic (exact) mass is 957 g/mol. The van der Waals surface area contributed by atoms with Gasteiger partial charge in [0.15, 0.2) is 16.7 Å². The maximum Gasteiger partial charge on any atom is 0.255 e. The summed E-state index contributed by atoms with van der Waals surface area (Å²) in [6, 6.07) is 15.0. The molecule has 3 aliphatic heterocycles. The summed E-state index contributed by atoms with van der Waals surface area (Å²) in [4.78, 5) is 79.6. The second-order valence-corrected chi connectivity index (χ2v) is 18.9. The van der Waals surface area contributed by atoms with Crippen molar-refractivity contribution < 1.29 is 37.8 Å². The SMILES string of the molecule is O=C1CCC(N2Cc3c(NC(=O)CCCCOCCN4CCN(CCNC(=O)C5(Cc6cccc(Nc7nccs7)n6)CCC(Oc6cccc(Cl)c6F)CC5)CC4)cccc3C2=O)C(=O)N1. The number of amides is 5. The number of carbonyl (C=O) groups excluding carboxylic acids is 5. The number of imide groups is 1. The van der Waals surface area contributed by atoms with Crippen LogP contribution in [0.25, 0.3) is 0 Å². The Morgan fingerprint density at radius 2 is 1.72 bits per heavy atom. The number of carbonyl (C=O) groups is 5. The van der Waals surface area contributed by atoms with Gasteiger partial charge in [0.25, 0.3) is 5.91 Å². The Bertz CT molecular complexity index is 2390. The van der Waals surface area contributed by atoms with Crippen molar-refractivity contribution in [2.45, 2.75) is 82.9 Å². The lowest BCUT2D eigenvalue weighted by Gasteiger charge is -2.39. The highest BCUT2D eigenvalue weighted by Crippen LogP contribution is 2.41. The van der Waals surface area contributed by atoms with Gasteiger partial charge in [-0.05, 0) is 81.3 Å². The van der Waals surface area contributed by atoms with Crippen LogP contribution >= 0.6 is 22.9 Å². The van der Waals surface area contributed by atoms with Crippen LogP contribution in [0.5, 0.6) is 5.75 Å². The third kappa shape index (κ3) is 12.3. The van der Waals surface area contributed by atoms with Gasteiger partial charge in [-0.1, -0.05) is 29.8 Å². The first-order valence-corrected chi connectivity index (χ1v) is 24.4. The number of thiazole rings is 1. The van der Waals surface area contributed by atoms with E-state index in [1.807, 2.05) is 23.6 Å². The summed E-state index contributed by atoms with van der Waals surface area (Å²) >= 11 is 7.50. The zero-order valence-electron chi connectivity index (χ0n) is 37.4. The second kappa shape index (κ2) is 22.5. The van der Waals surface area contributed by atoms with Gasteiger partial charge >= 0.3 is 0 Å². The maximum atomic E-state index is 14.7. The predicted molar refractivity (Wildman–Crippen MR) is 252 cm³/mol. The third-order valence-electron chi connectivity index (χ3n) is 13.1. The van der Waals surface area contributed by atoms with Crippen molar-refractivity contribution in [1.82, 2.24) is 35.3 Å². The van der Waals surface area contributed by atoms with Gasteiger partial charge < -0.3 is 30.3 Å². The molecule has 1 atom stereocenters. The molecule has 5 heterocycles. The lowest BCUT2D eigenvalue weighted by atomic mass is 9.69. The van der Waals surface area contributed by atoms with Crippen LogP contribution in [-0.2, 0) is 36.9 Å². The average Bonchev–Trinajstić information content (AvgIpc) is 3.96. The summed E-state index contributed by atoms with van der Waals surface area (Å²) < 4.78 is 26.7. The third-order valence-corrected chi connectivity index (χ3v) is 14.1. The Morgan fingerprint density at radius 1 is 0.940 bits per heavy atom. The van der Waals surface area contributed by atoms with Crippen LogP contribution in [0, 0.1) is 11.2 Å². The van der Waals surface area contributed by atoms with E-state index in [0.717, 1.165) is 56.5 Å². The lowest BCUT2D eigenvalue weighted by molar-refractivity contribution is -0.137. The molecule has 2 aromatic carbocycles. The molecule has 4 aliphatic rings. The smallest absolute Gasteiger partial charge is 0.255 e. The molecule has 356 valence electrons. The first-order chi connectivity index (χ1) is 32.5. The summed E-state index contributed by atoms with van der Waals surface area (Å²) in [7, 11) is 0. The number of hydrogen-bond donors (Lipinski definition) is 4. The first kappa shape index (κ1) is 47.9. The number of ether oxygens (including phenoxy) is 2. The number of benzene rings is 2.